The van der Waals surface area contributed by atoms with Crippen molar-refractivity contribution in [3.8, 4) is 0 Å². The minimum absolute atomic E-state index is 0. The van der Waals surface area contributed by atoms with Crippen LogP contribution in [0.5, 0.6) is 0 Å². The van der Waals surface area contributed by atoms with Gasteiger partial charge in [-0.3, -0.25) is 4.79 Å². The summed E-state index contributed by atoms with van der Waals surface area (Å²) in [6, 6.07) is 4.33. The number of anilines is 1. The summed E-state index contributed by atoms with van der Waals surface area (Å²) < 4.78 is 145. The van der Waals surface area contributed by atoms with Crippen LogP contribution in [0.2, 0.25) is 0 Å². The Morgan fingerprint density at radius 3 is 1.29 bits per heavy atom. The van der Waals surface area contributed by atoms with Gasteiger partial charge in [-0.2, -0.15) is 13.2 Å². The number of hydrogen-bond acceptors (Lipinski definition) is 10. The molecule has 186 valence electrons. The van der Waals surface area contributed by atoms with E-state index in [0.717, 1.165) is 24.3 Å². The summed E-state index contributed by atoms with van der Waals surface area (Å²) >= 11 is 0. The predicted molar refractivity (Wildman–Crippen MR) is 109 cm³/mol. The molecule has 0 heterocycles. The summed E-state index contributed by atoms with van der Waals surface area (Å²) in [5.74, 6) is -2.55. The standard InChI is InChI=1S/C18H10F3NO10S3.3Na/c19-18(20,21)17(23)22-11-5-12(33(24,25)26)8-3-4-10-14(35(30,31)32)6-13(34(27,28)29)9-2-1-7(11)15(8)16(9)10;;;/h1-6H,(H,22,23)(H,24,25,26)(H,27,28,29)(H,30,31,32);;;/q;3*+1/p-3. The van der Waals surface area contributed by atoms with E-state index in [1.807, 2.05) is 0 Å². The van der Waals surface area contributed by atoms with Crippen molar-refractivity contribution < 1.29 is 146 Å². The summed E-state index contributed by atoms with van der Waals surface area (Å²) in [5, 5.41) is -1.47. The van der Waals surface area contributed by atoms with Crippen molar-refractivity contribution in [2.24, 2.45) is 0 Å². The molecule has 4 rings (SSSR count). The van der Waals surface area contributed by atoms with Crippen LogP contribution in [0.25, 0.3) is 32.3 Å². The van der Waals surface area contributed by atoms with Crippen LogP contribution in [0.4, 0.5) is 18.9 Å². The van der Waals surface area contributed by atoms with Gasteiger partial charge in [0.05, 0.1) is 20.4 Å². The Morgan fingerprint density at radius 2 is 0.947 bits per heavy atom. The molecule has 0 atom stereocenters. The zero-order valence-electron chi connectivity index (χ0n) is 19.4. The molecule has 0 radical (unpaired) electrons. The topological polar surface area (TPSA) is 201 Å². The molecule has 4 aromatic carbocycles. The van der Waals surface area contributed by atoms with Crippen LogP contribution >= 0.6 is 0 Å². The van der Waals surface area contributed by atoms with Gasteiger partial charge in [0.25, 0.3) is 0 Å². The fraction of sp³-hybridized carbons (Fsp3) is 0.0556. The molecule has 0 aliphatic carbocycles. The number of carbonyl (C=O) groups is 1. The first-order chi connectivity index (χ1) is 15.8. The van der Waals surface area contributed by atoms with E-state index in [4.69, 9.17) is 0 Å². The molecule has 1 N–H and O–H groups in total. The van der Waals surface area contributed by atoms with Gasteiger partial charge in [-0.1, -0.05) is 24.3 Å². The van der Waals surface area contributed by atoms with Gasteiger partial charge in [-0.05, 0) is 17.5 Å². The number of alkyl halides is 3. The molecule has 0 saturated heterocycles. The van der Waals surface area contributed by atoms with Crippen LogP contribution < -0.4 is 94.0 Å². The Kier molecular flexibility index (Phi) is 11.0. The van der Waals surface area contributed by atoms with Gasteiger partial charge in [0, 0.05) is 26.9 Å². The Morgan fingerprint density at radius 1 is 0.632 bits per heavy atom. The molecule has 11 nitrogen and oxygen atoms in total. The molecule has 0 aliphatic heterocycles. The monoisotopic (exact) mass is 619 g/mol. The molecule has 0 saturated carbocycles. The van der Waals surface area contributed by atoms with Crippen molar-refractivity contribution in [2.75, 3.05) is 5.32 Å². The fourth-order valence-corrected chi connectivity index (χ4v) is 5.99. The Bertz CT molecular complexity index is 1860. The number of hydrogen-bond donors (Lipinski definition) is 1. The predicted octanol–water partition coefficient (Wildman–Crippen LogP) is -7.19. The summed E-state index contributed by atoms with van der Waals surface area (Å²) in [7, 11) is -16.3. The zero-order chi connectivity index (χ0) is 26.3. The average molecular weight is 619 g/mol. The van der Waals surface area contributed by atoms with E-state index in [2.05, 4.69) is 0 Å². The van der Waals surface area contributed by atoms with E-state index in [0.29, 0.717) is 12.1 Å². The number of halogens is 3. The minimum Gasteiger partial charge on any atom is -0.744 e. The average Bonchev–Trinajstić information content (AvgIpc) is 2.68. The molecule has 0 bridgehead atoms. The molecular formula is C18H7F3NNa3O10S3. The summed E-state index contributed by atoms with van der Waals surface area (Å²) in [6.45, 7) is 0. The largest absolute Gasteiger partial charge is 1.00 e. The van der Waals surface area contributed by atoms with E-state index in [1.54, 1.807) is 0 Å². The third-order valence-corrected chi connectivity index (χ3v) is 7.73. The van der Waals surface area contributed by atoms with Gasteiger partial charge in [-0.25, -0.2) is 25.3 Å². The quantitative estimate of drug-likeness (QED) is 0.130. The molecule has 0 aliphatic rings. The number of carbonyl (C=O) groups excluding carboxylic acids is 1. The first kappa shape index (κ1) is 35.9. The van der Waals surface area contributed by atoms with Crippen LogP contribution in [0, 0.1) is 0 Å². The molecule has 0 spiro atoms. The van der Waals surface area contributed by atoms with Crippen LogP contribution in [0.3, 0.4) is 0 Å². The molecule has 0 fully saturated rings. The van der Waals surface area contributed by atoms with Gasteiger partial charge >= 0.3 is 101 Å². The van der Waals surface area contributed by atoms with Crippen molar-refractivity contribution in [1.82, 2.24) is 0 Å². The first-order valence-corrected chi connectivity index (χ1v) is 13.1. The maximum absolute atomic E-state index is 12.8. The van der Waals surface area contributed by atoms with Gasteiger partial charge in [0.2, 0.25) is 0 Å². The molecule has 4 aromatic rings. The Labute approximate surface area is 279 Å². The van der Waals surface area contributed by atoms with E-state index < -0.39 is 89.7 Å². The van der Waals surface area contributed by atoms with Crippen molar-refractivity contribution in [3.05, 3.63) is 36.4 Å². The summed E-state index contributed by atoms with van der Waals surface area (Å²) in [4.78, 5) is 8.00. The summed E-state index contributed by atoms with van der Waals surface area (Å²) in [5.41, 5.74) is -0.842. The van der Waals surface area contributed by atoms with Gasteiger partial charge in [0.15, 0.2) is 0 Å². The van der Waals surface area contributed by atoms with Crippen LogP contribution in [0.15, 0.2) is 51.1 Å². The van der Waals surface area contributed by atoms with E-state index in [1.165, 1.54) is 5.32 Å². The van der Waals surface area contributed by atoms with Crippen LogP contribution in [0.1, 0.15) is 0 Å². The molecule has 0 unspecified atom stereocenters. The van der Waals surface area contributed by atoms with Crippen molar-refractivity contribution >= 4 is 74.3 Å². The normalized spacial score (nSPS) is 12.6. The fourth-order valence-electron chi connectivity index (χ4n) is 3.81. The number of rotatable bonds is 4. The summed E-state index contributed by atoms with van der Waals surface area (Å²) in [6.07, 6.45) is -5.44. The smallest absolute Gasteiger partial charge is 0.744 e. The second-order valence-corrected chi connectivity index (χ2v) is 11.2. The van der Waals surface area contributed by atoms with Crippen LogP contribution in [-0.2, 0) is 35.1 Å². The first-order valence-electron chi connectivity index (χ1n) is 8.86. The van der Waals surface area contributed by atoms with E-state index >= 15 is 0 Å². The molecule has 1 amide bonds. The van der Waals surface area contributed by atoms with E-state index in [9.17, 15) is 56.9 Å². The minimum atomic E-state index is -5.45. The number of nitrogens with one attached hydrogen (secondary N) is 1. The number of amides is 1. The molecule has 20 heteroatoms. The SMILES string of the molecule is O=C(Nc1cc(S(=O)(=O)[O-])c2ccc3c(S(=O)(=O)[O-])cc(S(=O)(=O)[O-])c4ccc1c2c43)C(F)(F)F.[Na+].[Na+].[Na+]. The zero-order valence-corrected chi connectivity index (χ0v) is 27.9. The van der Waals surface area contributed by atoms with Crippen LogP contribution in [-0.4, -0.2) is 51.0 Å². The maximum Gasteiger partial charge on any atom is 1.00 e. The molecular weight excluding hydrogens is 612 g/mol. The van der Waals surface area contributed by atoms with Crippen molar-refractivity contribution in [2.45, 2.75) is 20.9 Å². The third kappa shape index (κ3) is 6.52. The van der Waals surface area contributed by atoms with Gasteiger partial charge in [0.1, 0.15) is 30.4 Å². The van der Waals surface area contributed by atoms with Crippen molar-refractivity contribution in [1.29, 1.82) is 0 Å². The second kappa shape index (κ2) is 11.7. The maximum atomic E-state index is 12.8. The van der Waals surface area contributed by atoms with Gasteiger partial charge in [-0.15, -0.1) is 0 Å². The molecule has 0 aromatic heterocycles. The van der Waals surface area contributed by atoms with E-state index in [-0.39, 0.29) is 94.1 Å². The second-order valence-electron chi connectivity index (χ2n) is 7.18. The Hall–Kier alpha value is -0.0900. The van der Waals surface area contributed by atoms with Gasteiger partial charge < -0.3 is 19.0 Å². The third-order valence-electron chi connectivity index (χ3n) is 5.10. The van der Waals surface area contributed by atoms with Crippen molar-refractivity contribution in [3.63, 3.8) is 0 Å². The Balaban J connectivity index is 0.00000241. The molecule has 38 heavy (non-hydrogen) atoms. The number of benzene rings is 4.